The number of aryl methyl sites for hydroxylation is 4. The normalized spacial score (nSPS) is 11.2. The second kappa shape index (κ2) is 10.3. The minimum absolute atomic E-state index is 0.571. The molecule has 43 heavy (non-hydrogen) atoms. The van der Waals surface area contributed by atoms with Crippen LogP contribution in [0.3, 0.4) is 0 Å². The lowest BCUT2D eigenvalue weighted by Crippen LogP contribution is -2.04. The molecule has 0 aliphatic heterocycles. The van der Waals surface area contributed by atoms with Crippen molar-refractivity contribution in [2.24, 2.45) is 0 Å². The third kappa shape index (κ3) is 4.54. The molecule has 7 aromatic rings. The van der Waals surface area contributed by atoms with E-state index in [9.17, 15) is 5.26 Å². The topological polar surface area (TPSA) is 67.4 Å². The number of aromatic nitrogens is 4. The van der Waals surface area contributed by atoms with E-state index in [0.717, 1.165) is 44.2 Å². The van der Waals surface area contributed by atoms with Gasteiger partial charge >= 0.3 is 0 Å². The summed E-state index contributed by atoms with van der Waals surface area (Å²) in [5, 5.41) is 12.3. The predicted octanol–water partition coefficient (Wildman–Crippen LogP) is 9.08. The molecule has 0 bridgehead atoms. The lowest BCUT2D eigenvalue weighted by Gasteiger charge is -2.15. The minimum atomic E-state index is 0.571. The molecule has 2 heterocycles. The molecule has 2 aromatic heterocycles. The zero-order valence-electron chi connectivity index (χ0n) is 24.6. The van der Waals surface area contributed by atoms with Crippen LogP contribution in [0.15, 0.2) is 103 Å². The van der Waals surface area contributed by atoms with Gasteiger partial charge in [-0.1, -0.05) is 72.8 Å². The van der Waals surface area contributed by atoms with Gasteiger partial charge in [-0.25, -0.2) is 15.0 Å². The SMILES string of the molecule is Cc1nc(C)nc(-c2ccc(C#N)cc2-n2c3cc(-c4ccccc4C)ccc3c3ccc(-c4ccccc4C)cc32)n1. The summed E-state index contributed by atoms with van der Waals surface area (Å²) in [6, 6.07) is 38.4. The van der Waals surface area contributed by atoms with Gasteiger partial charge in [-0.2, -0.15) is 5.26 Å². The van der Waals surface area contributed by atoms with Crippen molar-refractivity contribution in [1.29, 1.82) is 5.26 Å². The molecular weight excluding hydrogens is 526 g/mol. The third-order valence-corrected chi connectivity index (χ3v) is 8.15. The zero-order valence-corrected chi connectivity index (χ0v) is 24.6. The van der Waals surface area contributed by atoms with Gasteiger partial charge in [-0.15, -0.1) is 0 Å². The van der Waals surface area contributed by atoms with Crippen molar-refractivity contribution in [3.8, 4) is 45.4 Å². The van der Waals surface area contributed by atoms with E-state index in [4.69, 9.17) is 9.97 Å². The highest BCUT2D eigenvalue weighted by Crippen LogP contribution is 2.40. The molecule has 5 heteroatoms. The van der Waals surface area contributed by atoms with E-state index >= 15 is 0 Å². The monoisotopic (exact) mass is 555 g/mol. The van der Waals surface area contributed by atoms with Gasteiger partial charge in [0.1, 0.15) is 11.6 Å². The number of nitrogens with zero attached hydrogens (tertiary/aromatic N) is 5. The van der Waals surface area contributed by atoms with Gasteiger partial charge in [0.2, 0.25) is 0 Å². The summed E-state index contributed by atoms with van der Waals surface area (Å²) >= 11 is 0. The molecule has 0 atom stereocenters. The largest absolute Gasteiger partial charge is 0.308 e. The highest BCUT2D eigenvalue weighted by atomic mass is 15.0. The molecule has 206 valence electrons. The lowest BCUT2D eigenvalue weighted by atomic mass is 9.98. The lowest BCUT2D eigenvalue weighted by molar-refractivity contribution is 0.926. The molecule has 5 nitrogen and oxygen atoms in total. The summed E-state index contributed by atoms with van der Waals surface area (Å²) in [5.41, 5.74) is 11.5. The fraction of sp³-hybridized carbons (Fsp3) is 0.105. The number of hydrogen-bond donors (Lipinski definition) is 0. The highest BCUT2D eigenvalue weighted by molar-refractivity contribution is 6.11. The highest BCUT2D eigenvalue weighted by Gasteiger charge is 2.20. The molecule has 0 radical (unpaired) electrons. The average molecular weight is 556 g/mol. The summed E-state index contributed by atoms with van der Waals surface area (Å²) in [4.78, 5) is 13.9. The van der Waals surface area contributed by atoms with Crippen LogP contribution in [-0.4, -0.2) is 19.5 Å². The molecule has 0 spiro atoms. The maximum atomic E-state index is 9.98. The van der Waals surface area contributed by atoms with Crippen LogP contribution in [0.4, 0.5) is 0 Å². The summed E-state index contributed by atoms with van der Waals surface area (Å²) in [6.07, 6.45) is 0. The van der Waals surface area contributed by atoms with E-state index in [1.807, 2.05) is 32.0 Å². The summed E-state index contributed by atoms with van der Waals surface area (Å²) in [6.45, 7) is 8.04. The Morgan fingerprint density at radius 3 is 1.60 bits per heavy atom. The molecule has 0 fully saturated rings. The fourth-order valence-electron chi connectivity index (χ4n) is 6.12. The quantitative estimate of drug-likeness (QED) is 0.217. The Kier molecular flexibility index (Phi) is 6.33. The molecule has 7 rings (SSSR count). The van der Waals surface area contributed by atoms with Crippen molar-refractivity contribution in [2.45, 2.75) is 27.7 Å². The van der Waals surface area contributed by atoms with Crippen molar-refractivity contribution in [3.63, 3.8) is 0 Å². The van der Waals surface area contributed by atoms with Crippen LogP contribution < -0.4 is 0 Å². The molecule has 0 aliphatic carbocycles. The van der Waals surface area contributed by atoms with E-state index < -0.39 is 0 Å². The van der Waals surface area contributed by atoms with Crippen LogP contribution in [0, 0.1) is 39.0 Å². The Labute approximate surface area is 250 Å². The van der Waals surface area contributed by atoms with Gasteiger partial charge in [0.15, 0.2) is 5.82 Å². The first-order chi connectivity index (χ1) is 20.9. The first-order valence-corrected chi connectivity index (χ1v) is 14.4. The number of hydrogen-bond acceptors (Lipinski definition) is 4. The fourth-order valence-corrected chi connectivity index (χ4v) is 6.12. The maximum absolute atomic E-state index is 9.98. The molecule has 0 saturated carbocycles. The van der Waals surface area contributed by atoms with Gasteiger partial charge < -0.3 is 4.57 Å². The molecule has 0 aliphatic rings. The Balaban J connectivity index is 1.61. The zero-order chi connectivity index (χ0) is 29.7. The molecule has 0 saturated heterocycles. The molecular formula is C38H29N5. The van der Waals surface area contributed by atoms with Gasteiger partial charge in [-0.3, -0.25) is 0 Å². The maximum Gasteiger partial charge on any atom is 0.165 e. The van der Waals surface area contributed by atoms with Crippen molar-refractivity contribution in [3.05, 3.63) is 131 Å². The van der Waals surface area contributed by atoms with Crippen molar-refractivity contribution < 1.29 is 0 Å². The Hall–Kier alpha value is -5.60. The van der Waals surface area contributed by atoms with Crippen LogP contribution in [0.2, 0.25) is 0 Å². The van der Waals surface area contributed by atoms with Crippen molar-refractivity contribution in [2.75, 3.05) is 0 Å². The number of benzene rings is 5. The minimum Gasteiger partial charge on any atom is -0.308 e. The van der Waals surface area contributed by atoms with Crippen LogP contribution in [0.5, 0.6) is 0 Å². The molecule has 5 aromatic carbocycles. The molecule has 0 amide bonds. The smallest absolute Gasteiger partial charge is 0.165 e. The van der Waals surface area contributed by atoms with E-state index in [2.05, 4.69) is 114 Å². The number of rotatable bonds is 4. The van der Waals surface area contributed by atoms with Crippen LogP contribution in [-0.2, 0) is 0 Å². The summed E-state index contributed by atoms with van der Waals surface area (Å²) in [5.74, 6) is 1.90. The van der Waals surface area contributed by atoms with Crippen LogP contribution >= 0.6 is 0 Å². The number of nitriles is 1. The van der Waals surface area contributed by atoms with E-state index in [1.54, 1.807) is 0 Å². The van der Waals surface area contributed by atoms with E-state index in [1.165, 1.54) is 22.3 Å². The standard InChI is InChI=1S/C38H29N5/c1-23-9-5-7-11-30(23)28-14-17-32-33-18-15-29(31-12-8-6-10-24(31)2)21-37(33)43(36(32)20-28)35-19-27(22-39)13-16-34(35)38-41-25(3)40-26(4)42-38/h5-21H,1-4H3. The Morgan fingerprint density at radius 1 is 0.558 bits per heavy atom. The van der Waals surface area contributed by atoms with Gasteiger partial charge in [0.25, 0.3) is 0 Å². The van der Waals surface area contributed by atoms with Crippen molar-refractivity contribution in [1.82, 2.24) is 19.5 Å². The second-order valence-electron chi connectivity index (χ2n) is 11.0. The first kappa shape index (κ1) is 26.3. The predicted molar refractivity (Wildman–Crippen MR) is 174 cm³/mol. The van der Waals surface area contributed by atoms with Crippen molar-refractivity contribution >= 4 is 21.8 Å². The van der Waals surface area contributed by atoms with Crippen LogP contribution in [0.1, 0.15) is 28.3 Å². The number of fused-ring (bicyclic) bond motifs is 3. The Bertz CT molecular complexity index is 2130. The van der Waals surface area contributed by atoms with E-state index in [0.29, 0.717) is 23.0 Å². The Morgan fingerprint density at radius 2 is 1.09 bits per heavy atom. The molecule has 0 unspecified atom stereocenters. The van der Waals surface area contributed by atoms with Gasteiger partial charge in [0.05, 0.1) is 28.4 Å². The second-order valence-corrected chi connectivity index (χ2v) is 11.0. The molecule has 0 N–H and O–H groups in total. The van der Waals surface area contributed by atoms with Crippen LogP contribution in [0.25, 0.3) is 61.1 Å². The first-order valence-electron chi connectivity index (χ1n) is 14.4. The van der Waals surface area contributed by atoms with Gasteiger partial charge in [-0.05, 0) is 91.4 Å². The summed E-state index contributed by atoms with van der Waals surface area (Å²) < 4.78 is 2.28. The summed E-state index contributed by atoms with van der Waals surface area (Å²) in [7, 11) is 0. The van der Waals surface area contributed by atoms with Gasteiger partial charge in [0, 0.05) is 16.3 Å². The van der Waals surface area contributed by atoms with E-state index in [-0.39, 0.29) is 0 Å². The third-order valence-electron chi connectivity index (χ3n) is 8.15. The average Bonchev–Trinajstić information content (AvgIpc) is 3.33.